The van der Waals surface area contributed by atoms with Crippen molar-refractivity contribution in [1.29, 1.82) is 0 Å². The monoisotopic (exact) mass is 307 g/mol. The van der Waals surface area contributed by atoms with E-state index in [9.17, 15) is 4.39 Å². The lowest BCUT2D eigenvalue weighted by molar-refractivity contribution is 0.317. The van der Waals surface area contributed by atoms with Crippen molar-refractivity contribution >= 4 is 11.6 Å². The maximum absolute atomic E-state index is 13.8. The molecular weight excluding hydrogens is 289 g/mol. The number of benzene rings is 2. The summed E-state index contributed by atoms with van der Waals surface area (Å²) in [6.07, 6.45) is 1.34. The van der Waals surface area contributed by atoms with Crippen LogP contribution in [0.1, 0.15) is 30.5 Å². The second-order valence-corrected chi connectivity index (χ2v) is 5.40. The molecule has 0 heterocycles. The van der Waals surface area contributed by atoms with Gasteiger partial charge in [0.2, 0.25) is 0 Å². The summed E-state index contributed by atoms with van der Waals surface area (Å²) in [4.78, 5) is 0. The molecule has 21 heavy (non-hydrogen) atoms. The van der Waals surface area contributed by atoms with Gasteiger partial charge in [0.15, 0.2) is 0 Å². The van der Waals surface area contributed by atoms with Gasteiger partial charge in [-0.05, 0) is 54.3 Å². The van der Waals surface area contributed by atoms with E-state index in [0.717, 1.165) is 17.7 Å². The fourth-order valence-electron chi connectivity index (χ4n) is 2.11. The largest absolute Gasteiger partial charge is 0.494 e. The summed E-state index contributed by atoms with van der Waals surface area (Å²) in [6.45, 7) is 2.72. The van der Waals surface area contributed by atoms with E-state index >= 15 is 0 Å². The van der Waals surface area contributed by atoms with Crippen LogP contribution in [0.2, 0.25) is 5.02 Å². The topological polar surface area (TPSA) is 35.2 Å². The zero-order valence-electron chi connectivity index (χ0n) is 12.0. The molecule has 2 aromatic carbocycles. The number of hydrogen-bond acceptors (Lipinski definition) is 2. The zero-order chi connectivity index (χ0) is 15.2. The van der Waals surface area contributed by atoms with E-state index in [1.807, 2.05) is 24.3 Å². The number of rotatable bonds is 6. The Morgan fingerprint density at radius 1 is 1.24 bits per heavy atom. The van der Waals surface area contributed by atoms with Crippen LogP contribution in [0.4, 0.5) is 4.39 Å². The smallest absolute Gasteiger partial charge is 0.126 e. The number of halogens is 2. The highest BCUT2D eigenvalue weighted by Crippen LogP contribution is 2.23. The van der Waals surface area contributed by atoms with Crippen LogP contribution < -0.4 is 10.5 Å². The predicted molar refractivity (Wildman–Crippen MR) is 84.3 cm³/mol. The molecule has 0 radical (unpaired) electrons. The Labute approximate surface area is 129 Å². The molecule has 0 fully saturated rings. The van der Waals surface area contributed by atoms with Gasteiger partial charge in [0.05, 0.1) is 6.61 Å². The van der Waals surface area contributed by atoms with Gasteiger partial charge >= 0.3 is 0 Å². The van der Waals surface area contributed by atoms with Gasteiger partial charge in [-0.3, -0.25) is 0 Å². The fourth-order valence-corrected chi connectivity index (χ4v) is 2.30. The van der Waals surface area contributed by atoms with Crippen molar-refractivity contribution in [2.24, 2.45) is 5.73 Å². The Bertz CT molecular complexity index is 603. The van der Waals surface area contributed by atoms with Crippen molar-refractivity contribution in [3.8, 4) is 5.75 Å². The fraction of sp³-hybridized carbons (Fsp3) is 0.294. The lowest BCUT2D eigenvalue weighted by atomic mass is 9.99. The van der Waals surface area contributed by atoms with Crippen LogP contribution in [0.5, 0.6) is 5.75 Å². The average molecular weight is 308 g/mol. The van der Waals surface area contributed by atoms with Crippen molar-refractivity contribution in [3.05, 3.63) is 64.4 Å². The van der Waals surface area contributed by atoms with E-state index in [0.29, 0.717) is 23.6 Å². The Hall–Kier alpha value is -1.58. The molecule has 112 valence electrons. The molecule has 0 saturated heterocycles. The highest BCUT2D eigenvalue weighted by Gasteiger charge is 2.12. The van der Waals surface area contributed by atoms with Crippen molar-refractivity contribution < 1.29 is 9.13 Å². The van der Waals surface area contributed by atoms with Crippen LogP contribution in [0.3, 0.4) is 0 Å². The van der Waals surface area contributed by atoms with E-state index in [-0.39, 0.29) is 11.9 Å². The first-order chi connectivity index (χ1) is 10.1. The minimum Gasteiger partial charge on any atom is -0.494 e. The molecule has 2 aromatic rings. The second-order valence-electron chi connectivity index (χ2n) is 4.97. The molecule has 0 aliphatic carbocycles. The first-order valence-corrected chi connectivity index (χ1v) is 7.40. The van der Waals surface area contributed by atoms with E-state index in [2.05, 4.69) is 6.92 Å². The summed E-state index contributed by atoms with van der Waals surface area (Å²) in [6, 6.07) is 11.8. The molecule has 0 aromatic heterocycles. The Morgan fingerprint density at radius 2 is 2.05 bits per heavy atom. The highest BCUT2D eigenvalue weighted by molar-refractivity contribution is 6.30. The third kappa shape index (κ3) is 4.45. The minimum atomic E-state index is -0.303. The number of nitrogens with two attached hydrogens (primary N) is 1. The molecule has 0 saturated carbocycles. The van der Waals surface area contributed by atoms with E-state index in [1.54, 1.807) is 6.07 Å². The molecule has 1 atom stereocenters. The van der Waals surface area contributed by atoms with Gasteiger partial charge in [-0.15, -0.1) is 0 Å². The van der Waals surface area contributed by atoms with E-state index in [1.165, 1.54) is 12.1 Å². The zero-order valence-corrected chi connectivity index (χ0v) is 12.7. The summed E-state index contributed by atoms with van der Waals surface area (Å²) in [7, 11) is 0. The molecular formula is C17H19ClFNO. The van der Waals surface area contributed by atoms with Gasteiger partial charge in [0.25, 0.3) is 0 Å². The third-order valence-electron chi connectivity index (χ3n) is 3.21. The summed E-state index contributed by atoms with van der Waals surface area (Å²) >= 11 is 5.90. The van der Waals surface area contributed by atoms with E-state index < -0.39 is 0 Å². The molecule has 1 unspecified atom stereocenters. The molecule has 0 spiro atoms. The quantitative estimate of drug-likeness (QED) is 0.852. The van der Waals surface area contributed by atoms with Crippen LogP contribution in [-0.2, 0) is 6.42 Å². The first-order valence-electron chi connectivity index (χ1n) is 7.02. The molecule has 0 aliphatic rings. The van der Waals surface area contributed by atoms with Crippen LogP contribution >= 0.6 is 11.6 Å². The molecule has 0 bridgehead atoms. The third-order valence-corrected chi connectivity index (χ3v) is 3.44. The van der Waals surface area contributed by atoms with Crippen LogP contribution in [0, 0.1) is 5.82 Å². The van der Waals surface area contributed by atoms with Crippen molar-refractivity contribution in [2.75, 3.05) is 6.61 Å². The minimum absolute atomic E-state index is 0.284. The SMILES string of the molecule is CCCOc1cccc(C(N)Cc2cc(Cl)ccc2F)c1. The second kappa shape index (κ2) is 7.43. The van der Waals surface area contributed by atoms with Crippen molar-refractivity contribution in [1.82, 2.24) is 0 Å². The molecule has 2 nitrogen and oxygen atoms in total. The van der Waals surface area contributed by atoms with Gasteiger partial charge < -0.3 is 10.5 Å². The summed E-state index contributed by atoms with van der Waals surface area (Å²) in [5.41, 5.74) is 7.62. The normalized spacial score (nSPS) is 12.2. The van der Waals surface area contributed by atoms with Gasteiger partial charge in [-0.1, -0.05) is 30.7 Å². The maximum atomic E-state index is 13.8. The summed E-state index contributed by atoms with van der Waals surface area (Å²) in [5, 5.41) is 0.513. The Morgan fingerprint density at radius 3 is 2.81 bits per heavy atom. The molecule has 4 heteroatoms. The van der Waals surface area contributed by atoms with Gasteiger partial charge in [0.1, 0.15) is 11.6 Å². The lowest BCUT2D eigenvalue weighted by Gasteiger charge is -2.14. The summed E-state index contributed by atoms with van der Waals surface area (Å²) in [5.74, 6) is 0.504. The van der Waals surface area contributed by atoms with Gasteiger partial charge in [-0.2, -0.15) is 0 Å². The van der Waals surface area contributed by atoms with Crippen LogP contribution in [0.25, 0.3) is 0 Å². The van der Waals surface area contributed by atoms with Crippen LogP contribution in [0.15, 0.2) is 42.5 Å². The van der Waals surface area contributed by atoms with Gasteiger partial charge in [-0.25, -0.2) is 4.39 Å². The molecule has 0 aliphatic heterocycles. The predicted octanol–water partition coefficient (Wildman–Crippen LogP) is 4.51. The highest BCUT2D eigenvalue weighted by atomic mass is 35.5. The number of ether oxygens (including phenoxy) is 1. The molecule has 2 N–H and O–H groups in total. The standard InChI is InChI=1S/C17H19ClFNO/c1-2-8-21-15-5-3-4-12(10-15)17(20)11-13-9-14(18)6-7-16(13)19/h3-7,9-10,17H,2,8,11,20H2,1H3. The van der Waals surface area contributed by atoms with E-state index in [4.69, 9.17) is 22.1 Å². The lowest BCUT2D eigenvalue weighted by Crippen LogP contribution is -2.14. The van der Waals surface area contributed by atoms with Crippen molar-refractivity contribution in [3.63, 3.8) is 0 Å². The Balaban J connectivity index is 2.12. The first kappa shape index (κ1) is 15.8. The molecule has 2 rings (SSSR count). The Kier molecular flexibility index (Phi) is 5.59. The summed E-state index contributed by atoms with van der Waals surface area (Å²) < 4.78 is 19.3. The maximum Gasteiger partial charge on any atom is 0.126 e. The molecule has 0 amide bonds. The number of hydrogen-bond donors (Lipinski definition) is 1. The van der Waals surface area contributed by atoms with Crippen molar-refractivity contribution in [2.45, 2.75) is 25.8 Å². The van der Waals surface area contributed by atoms with Gasteiger partial charge in [0, 0.05) is 11.1 Å². The van der Waals surface area contributed by atoms with Crippen LogP contribution in [-0.4, -0.2) is 6.61 Å². The average Bonchev–Trinajstić information content (AvgIpc) is 2.49.